The van der Waals surface area contributed by atoms with E-state index in [1.165, 1.54) is 0 Å². The van der Waals surface area contributed by atoms with Gasteiger partial charge in [-0.15, -0.1) is 0 Å². The fourth-order valence-corrected chi connectivity index (χ4v) is 1.39. The van der Waals surface area contributed by atoms with Gasteiger partial charge < -0.3 is 10.6 Å². The van der Waals surface area contributed by atoms with Gasteiger partial charge in [-0.25, -0.2) is 0 Å². The van der Waals surface area contributed by atoms with Crippen LogP contribution < -0.4 is 10.6 Å². The Bertz CT molecular complexity index is 215. The number of hydrogen-bond acceptors (Lipinski definition) is 2. The average molecular weight is 254 g/mol. The molecule has 0 saturated heterocycles. The molecule has 0 aliphatic heterocycles. The van der Waals surface area contributed by atoms with Crippen LogP contribution in [0.5, 0.6) is 0 Å². The molecule has 0 aliphatic rings. The van der Waals surface area contributed by atoms with Gasteiger partial charge in [0.2, 0.25) is 5.91 Å². The summed E-state index contributed by atoms with van der Waals surface area (Å²) in [7, 11) is 0. The maximum Gasteiger partial charge on any atom is 0.389 e. The molecule has 0 saturated carbocycles. The molecule has 0 atom stereocenters. The number of nitrogens with one attached hydrogen (secondary N) is 2. The van der Waals surface area contributed by atoms with Crippen LogP contribution >= 0.6 is 0 Å². The second-order valence-electron chi connectivity index (χ2n) is 3.98. The molecule has 17 heavy (non-hydrogen) atoms. The molecule has 3 nitrogen and oxygen atoms in total. The molecule has 1 amide bonds. The Hall–Kier alpha value is -0.780. The summed E-state index contributed by atoms with van der Waals surface area (Å²) < 4.78 is 35.4. The minimum Gasteiger partial charge on any atom is -0.352 e. The lowest BCUT2D eigenvalue weighted by Crippen LogP contribution is -2.40. The van der Waals surface area contributed by atoms with Gasteiger partial charge in [-0.3, -0.25) is 4.79 Å². The summed E-state index contributed by atoms with van der Waals surface area (Å²) in [6.45, 7) is 4.24. The molecule has 0 fully saturated rings. The maximum atomic E-state index is 11.8. The van der Waals surface area contributed by atoms with E-state index in [9.17, 15) is 18.0 Å². The quantitative estimate of drug-likeness (QED) is 0.652. The Kier molecular flexibility index (Phi) is 7.95. The van der Waals surface area contributed by atoms with Gasteiger partial charge in [0.1, 0.15) is 0 Å². The highest BCUT2D eigenvalue weighted by atomic mass is 19.4. The largest absolute Gasteiger partial charge is 0.389 e. The average Bonchev–Trinajstić information content (AvgIpc) is 2.23. The molecule has 0 aromatic carbocycles. The van der Waals surface area contributed by atoms with Crippen LogP contribution in [0.25, 0.3) is 0 Å². The summed E-state index contributed by atoms with van der Waals surface area (Å²) in [5, 5.41) is 5.50. The van der Waals surface area contributed by atoms with Crippen LogP contribution in [-0.4, -0.2) is 31.2 Å². The third kappa shape index (κ3) is 10.1. The van der Waals surface area contributed by atoms with Crippen LogP contribution in [-0.2, 0) is 4.79 Å². The van der Waals surface area contributed by atoms with Crippen molar-refractivity contribution in [3.05, 3.63) is 0 Å². The van der Waals surface area contributed by atoms with Gasteiger partial charge in [0, 0.05) is 12.5 Å². The van der Waals surface area contributed by atoms with Gasteiger partial charge in [0.25, 0.3) is 0 Å². The van der Waals surface area contributed by atoms with Crippen molar-refractivity contribution in [3.8, 4) is 0 Å². The smallest absolute Gasteiger partial charge is 0.352 e. The molecule has 0 bridgehead atoms. The molecule has 0 spiro atoms. The van der Waals surface area contributed by atoms with Crippen molar-refractivity contribution in [2.24, 2.45) is 0 Å². The monoisotopic (exact) mass is 254 g/mol. The highest BCUT2D eigenvalue weighted by Gasteiger charge is 2.25. The van der Waals surface area contributed by atoms with E-state index < -0.39 is 12.6 Å². The lowest BCUT2D eigenvalue weighted by atomic mass is 10.2. The van der Waals surface area contributed by atoms with Crippen molar-refractivity contribution < 1.29 is 18.0 Å². The fraction of sp³-hybridized carbons (Fsp3) is 0.909. The Morgan fingerprint density at radius 2 is 1.82 bits per heavy atom. The first-order valence-corrected chi connectivity index (χ1v) is 5.95. The molecular weight excluding hydrogens is 233 g/mol. The fourth-order valence-electron chi connectivity index (χ4n) is 1.39. The summed E-state index contributed by atoms with van der Waals surface area (Å²) in [5.41, 5.74) is 0. The number of rotatable bonds is 8. The van der Waals surface area contributed by atoms with Crippen LogP contribution in [0, 0.1) is 0 Å². The zero-order valence-electron chi connectivity index (χ0n) is 10.4. The van der Waals surface area contributed by atoms with Gasteiger partial charge in [-0.1, -0.05) is 13.8 Å². The Morgan fingerprint density at radius 3 is 2.29 bits per heavy atom. The summed E-state index contributed by atoms with van der Waals surface area (Å²) in [6, 6.07) is 0.152. The maximum absolute atomic E-state index is 11.8. The highest BCUT2D eigenvalue weighted by molar-refractivity contribution is 5.78. The number of carbonyl (C=O) groups is 1. The summed E-state index contributed by atoms with van der Waals surface area (Å²) in [5.74, 6) is -0.161. The lowest BCUT2D eigenvalue weighted by molar-refractivity contribution is -0.135. The topological polar surface area (TPSA) is 41.1 Å². The zero-order valence-corrected chi connectivity index (χ0v) is 10.4. The van der Waals surface area contributed by atoms with E-state index >= 15 is 0 Å². The number of carbonyl (C=O) groups excluding carboxylic acids is 1. The molecule has 0 aromatic rings. The van der Waals surface area contributed by atoms with E-state index in [0.29, 0.717) is 0 Å². The normalized spacial score (nSPS) is 11.9. The van der Waals surface area contributed by atoms with Crippen molar-refractivity contribution >= 4 is 5.91 Å². The summed E-state index contributed by atoms with van der Waals surface area (Å²) in [4.78, 5) is 11.3. The van der Waals surface area contributed by atoms with E-state index in [2.05, 4.69) is 10.6 Å². The second-order valence-corrected chi connectivity index (χ2v) is 3.98. The predicted molar refractivity (Wildman–Crippen MR) is 60.7 cm³/mol. The Balaban J connectivity index is 3.52. The molecule has 0 unspecified atom stereocenters. The van der Waals surface area contributed by atoms with Gasteiger partial charge in [-0.05, 0) is 25.8 Å². The predicted octanol–water partition coefficient (Wildman–Crippen LogP) is 2.22. The van der Waals surface area contributed by atoms with E-state index in [1.54, 1.807) is 0 Å². The van der Waals surface area contributed by atoms with E-state index in [-0.39, 0.29) is 31.5 Å². The molecule has 2 N–H and O–H groups in total. The Morgan fingerprint density at radius 1 is 1.24 bits per heavy atom. The number of alkyl halides is 3. The van der Waals surface area contributed by atoms with Crippen molar-refractivity contribution in [1.29, 1.82) is 0 Å². The molecule has 0 heterocycles. The van der Waals surface area contributed by atoms with Gasteiger partial charge in [0.15, 0.2) is 0 Å². The van der Waals surface area contributed by atoms with Gasteiger partial charge in [-0.2, -0.15) is 13.2 Å². The number of hydrogen-bond donors (Lipinski definition) is 2. The van der Waals surface area contributed by atoms with Gasteiger partial charge in [0.05, 0.1) is 6.54 Å². The summed E-state index contributed by atoms with van der Waals surface area (Å²) in [6.07, 6.45) is -3.21. The third-order valence-electron chi connectivity index (χ3n) is 2.45. The lowest BCUT2D eigenvalue weighted by Gasteiger charge is -2.15. The highest BCUT2D eigenvalue weighted by Crippen LogP contribution is 2.20. The SMILES string of the molecule is CCC(CC)NC(=O)CNCCCC(F)(F)F. The first kappa shape index (κ1) is 16.2. The van der Waals surface area contributed by atoms with E-state index in [1.807, 2.05) is 13.8 Å². The Labute approximate surface area is 100 Å². The molecule has 0 radical (unpaired) electrons. The molecular formula is C11H21F3N2O. The van der Waals surface area contributed by atoms with Crippen molar-refractivity contribution in [2.75, 3.05) is 13.1 Å². The minimum atomic E-state index is -4.11. The second kappa shape index (κ2) is 8.33. The first-order chi connectivity index (χ1) is 7.89. The standard InChI is InChI=1S/C11H21F3N2O/c1-3-9(4-2)16-10(17)8-15-7-5-6-11(12,13)14/h9,15H,3-8H2,1-2H3,(H,16,17). The number of halogens is 3. The molecule has 102 valence electrons. The number of amides is 1. The van der Waals surface area contributed by atoms with E-state index in [4.69, 9.17) is 0 Å². The molecule has 6 heteroatoms. The first-order valence-electron chi connectivity index (χ1n) is 5.95. The van der Waals surface area contributed by atoms with Crippen LogP contribution in [0.15, 0.2) is 0 Å². The van der Waals surface area contributed by atoms with Crippen molar-refractivity contribution in [1.82, 2.24) is 10.6 Å². The molecule has 0 rings (SSSR count). The molecule has 0 aliphatic carbocycles. The van der Waals surface area contributed by atoms with Crippen LogP contribution in [0.4, 0.5) is 13.2 Å². The van der Waals surface area contributed by atoms with Gasteiger partial charge >= 0.3 is 6.18 Å². The third-order valence-corrected chi connectivity index (χ3v) is 2.45. The minimum absolute atomic E-state index is 0.00175. The van der Waals surface area contributed by atoms with Crippen molar-refractivity contribution in [3.63, 3.8) is 0 Å². The molecule has 0 aromatic heterocycles. The zero-order chi connectivity index (χ0) is 13.3. The van der Waals surface area contributed by atoms with E-state index in [0.717, 1.165) is 12.8 Å². The van der Waals surface area contributed by atoms with Crippen LogP contribution in [0.3, 0.4) is 0 Å². The van der Waals surface area contributed by atoms with Crippen LogP contribution in [0.2, 0.25) is 0 Å². The van der Waals surface area contributed by atoms with Crippen molar-refractivity contribution in [2.45, 2.75) is 51.7 Å². The summed E-state index contributed by atoms with van der Waals surface area (Å²) >= 11 is 0. The van der Waals surface area contributed by atoms with Crippen LogP contribution in [0.1, 0.15) is 39.5 Å².